The van der Waals surface area contributed by atoms with E-state index in [1.165, 1.54) is 25.3 Å². The molecular weight excluding hydrogens is 438 g/mol. The minimum Gasteiger partial charge on any atom is -0.465 e. The minimum absolute atomic E-state index is 0.139. The van der Waals surface area contributed by atoms with E-state index in [9.17, 15) is 14.4 Å². The van der Waals surface area contributed by atoms with E-state index in [-0.39, 0.29) is 17.6 Å². The first-order chi connectivity index (χ1) is 16.0. The van der Waals surface area contributed by atoms with Gasteiger partial charge in [0.1, 0.15) is 6.54 Å². The molecule has 172 valence electrons. The Kier molecular flexibility index (Phi) is 7.34. The zero-order valence-corrected chi connectivity index (χ0v) is 19.4. The number of amides is 2. The van der Waals surface area contributed by atoms with Crippen molar-refractivity contribution in [2.45, 2.75) is 30.7 Å². The van der Waals surface area contributed by atoms with Crippen molar-refractivity contribution in [3.8, 4) is 0 Å². The Bertz CT molecular complexity index is 1150. The Labute approximate surface area is 197 Å². The molecule has 0 bridgehead atoms. The van der Waals surface area contributed by atoms with Crippen LogP contribution in [0.15, 0.2) is 59.6 Å². The Morgan fingerprint density at radius 1 is 1.00 bits per heavy atom. The van der Waals surface area contributed by atoms with Crippen molar-refractivity contribution in [2.24, 2.45) is 0 Å². The average molecular weight is 466 g/mol. The van der Waals surface area contributed by atoms with E-state index < -0.39 is 5.97 Å². The zero-order chi connectivity index (χ0) is 23.2. The molecule has 33 heavy (non-hydrogen) atoms. The lowest BCUT2D eigenvalue weighted by atomic mass is 10.1. The van der Waals surface area contributed by atoms with Gasteiger partial charge in [-0.1, -0.05) is 18.2 Å². The molecular formula is C25H27N3O4S. The maximum atomic E-state index is 12.8. The number of carbonyl (C=O) groups excluding carboxylic acids is 3. The Hall–Kier alpha value is -3.26. The number of fused-ring (bicyclic) bond motifs is 1. The number of likely N-dealkylation sites (tertiary alicyclic amines) is 1. The molecule has 0 aliphatic carbocycles. The summed E-state index contributed by atoms with van der Waals surface area (Å²) in [4.78, 5) is 39.7. The van der Waals surface area contributed by atoms with Gasteiger partial charge in [-0.3, -0.25) is 9.59 Å². The van der Waals surface area contributed by atoms with Crippen LogP contribution in [0.4, 0.5) is 5.69 Å². The molecule has 1 aliphatic heterocycles. The van der Waals surface area contributed by atoms with Crippen molar-refractivity contribution in [3.63, 3.8) is 0 Å². The van der Waals surface area contributed by atoms with Gasteiger partial charge >= 0.3 is 5.97 Å². The molecule has 0 atom stereocenters. The highest BCUT2D eigenvalue weighted by molar-refractivity contribution is 8.00. The van der Waals surface area contributed by atoms with Crippen molar-refractivity contribution < 1.29 is 19.1 Å². The van der Waals surface area contributed by atoms with Gasteiger partial charge in [0.15, 0.2) is 0 Å². The number of methoxy groups -OCH3 is 1. The van der Waals surface area contributed by atoms with Crippen LogP contribution in [-0.4, -0.2) is 53.2 Å². The van der Waals surface area contributed by atoms with E-state index >= 15 is 0 Å². The maximum absolute atomic E-state index is 12.8. The van der Waals surface area contributed by atoms with E-state index in [1.54, 1.807) is 24.3 Å². The molecule has 0 spiro atoms. The molecule has 3 aromatic rings. The smallest absolute Gasteiger partial charge is 0.337 e. The molecule has 1 saturated heterocycles. The van der Waals surface area contributed by atoms with Crippen LogP contribution in [0.2, 0.25) is 0 Å². The van der Waals surface area contributed by atoms with Crippen LogP contribution >= 0.6 is 11.8 Å². The summed E-state index contributed by atoms with van der Waals surface area (Å²) in [6, 6.07) is 14.5. The molecule has 1 N–H and O–H groups in total. The van der Waals surface area contributed by atoms with Gasteiger partial charge in [-0.05, 0) is 49.6 Å². The van der Waals surface area contributed by atoms with E-state index in [0.29, 0.717) is 17.8 Å². The van der Waals surface area contributed by atoms with Crippen LogP contribution in [0.1, 0.15) is 29.6 Å². The second-order valence-electron chi connectivity index (χ2n) is 7.99. The molecule has 2 amide bonds. The third kappa shape index (κ3) is 5.57. The van der Waals surface area contributed by atoms with E-state index in [2.05, 4.69) is 10.1 Å². The van der Waals surface area contributed by atoms with Gasteiger partial charge in [-0.2, -0.15) is 0 Å². The van der Waals surface area contributed by atoms with Crippen LogP contribution in [0, 0.1) is 0 Å². The number of para-hydroxylation sites is 1. The number of esters is 1. The number of benzene rings is 2. The van der Waals surface area contributed by atoms with Gasteiger partial charge < -0.3 is 19.5 Å². The summed E-state index contributed by atoms with van der Waals surface area (Å²) >= 11 is 1.44. The Morgan fingerprint density at radius 2 is 1.73 bits per heavy atom. The molecule has 7 nitrogen and oxygen atoms in total. The van der Waals surface area contributed by atoms with E-state index in [0.717, 1.165) is 41.7 Å². The first-order valence-corrected chi connectivity index (χ1v) is 12.0. The van der Waals surface area contributed by atoms with Gasteiger partial charge in [-0.25, -0.2) is 4.79 Å². The molecule has 1 aromatic heterocycles. The summed E-state index contributed by atoms with van der Waals surface area (Å²) in [5, 5.41) is 3.88. The lowest BCUT2D eigenvalue weighted by Crippen LogP contribution is -2.37. The normalized spacial score (nSPS) is 13.7. The first-order valence-electron chi connectivity index (χ1n) is 11.0. The minimum atomic E-state index is -0.418. The molecule has 0 unspecified atom stereocenters. The highest BCUT2D eigenvalue weighted by atomic mass is 32.2. The Morgan fingerprint density at radius 3 is 2.45 bits per heavy atom. The number of carbonyl (C=O) groups is 3. The predicted octanol–water partition coefficient (Wildman–Crippen LogP) is 4.17. The largest absolute Gasteiger partial charge is 0.465 e. The molecule has 0 saturated carbocycles. The molecule has 8 heteroatoms. The second-order valence-corrected chi connectivity index (χ2v) is 9.00. The molecule has 2 aromatic carbocycles. The highest BCUT2D eigenvalue weighted by Gasteiger charge is 2.19. The SMILES string of the molecule is COC(=O)c1ccc(NC(=O)CSc2cn(CC(=O)N3CCCCC3)c3ccccc23)cc1. The Balaban J connectivity index is 1.40. The van der Waals surface area contributed by atoms with Crippen LogP contribution in [0.5, 0.6) is 0 Å². The lowest BCUT2D eigenvalue weighted by Gasteiger charge is -2.27. The molecule has 2 heterocycles. The number of rotatable bonds is 7. The number of nitrogens with zero attached hydrogens (tertiary/aromatic N) is 2. The number of hydrogen-bond acceptors (Lipinski definition) is 5. The van der Waals surface area contributed by atoms with Crippen molar-refractivity contribution >= 4 is 46.1 Å². The third-order valence-electron chi connectivity index (χ3n) is 5.71. The molecule has 1 aliphatic rings. The summed E-state index contributed by atoms with van der Waals surface area (Å²) in [5.74, 6) is -0.196. The summed E-state index contributed by atoms with van der Waals surface area (Å²) in [6.07, 6.45) is 5.30. The number of hydrogen-bond donors (Lipinski definition) is 1. The monoisotopic (exact) mass is 465 g/mol. The van der Waals surface area contributed by atoms with Gasteiger partial charge in [0.05, 0.1) is 18.4 Å². The fourth-order valence-electron chi connectivity index (χ4n) is 4.00. The van der Waals surface area contributed by atoms with Crippen LogP contribution < -0.4 is 5.32 Å². The van der Waals surface area contributed by atoms with Crippen molar-refractivity contribution in [1.82, 2.24) is 9.47 Å². The van der Waals surface area contributed by atoms with Crippen molar-refractivity contribution in [3.05, 3.63) is 60.3 Å². The number of ether oxygens (including phenoxy) is 1. The maximum Gasteiger partial charge on any atom is 0.337 e. The lowest BCUT2D eigenvalue weighted by molar-refractivity contribution is -0.132. The molecule has 0 radical (unpaired) electrons. The third-order valence-corrected chi connectivity index (χ3v) is 6.76. The quantitative estimate of drug-likeness (QED) is 0.418. The summed E-state index contributed by atoms with van der Waals surface area (Å²) in [5.41, 5.74) is 2.03. The molecule has 4 rings (SSSR count). The summed E-state index contributed by atoms with van der Waals surface area (Å²) in [6.45, 7) is 1.97. The van der Waals surface area contributed by atoms with Gasteiger partial charge in [0.25, 0.3) is 0 Å². The fourth-order valence-corrected chi connectivity index (χ4v) is 4.88. The predicted molar refractivity (Wildman–Crippen MR) is 130 cm³/mol. The number of piperidine rings is 1. The van der Waals surface area contributed by atoms with E-state index in [1.807, 2.05) is 39.9 Å². The van der Waals surface area contributed by atoms with Crippen molar-refractivity contribution in [1.29, 1.82) is 0 Å². The first kappa shape index (κ1) is 22.9. The summed E-state index contributed by atoms with van der Waals surface area (Å²) in [7, 11) is 1.33. The topological polar surface area (TPSA) is 80.6 Å². The standard InChI is InChI=1S/C25H27N3O4S/c1-32-25(31)18-9-11-19(12-10-18)26-23(29)17-33-22-15-28(21-8-4-3-7-20(21)22)16-24(30)27-13-5-2-6-14-27/h3-4,7-12,15H,2,5-6,13-14,16-17H2,1H3,(H,26,29). The number of anilines is 1. The van der Waals surface area contributed by atoms with Gasteiger partial charge in [0.2, 0.25) is 11.8 Å². The van der Waals surface area contributed by atoms with Crippen molar-refractivity contribution in [2.75, 3.05) is 31.3 Å². The van der Waals surface area contributed by atoms with E-state index in [4.69, 9.17) is 0 Å². The van der Waals surface area contributed by atoms with Crippen LogP contribution in [-0.2, 0) is 20.9 Å². The van der Waals surface area contributed by atoms with Gasteiger partial charge in [-0.15, -0.1) is 11.8 Å². The van der Waals surface area contributed by atoms with Crippen LogP contribution in [0.25, 0.3) is 10.9 Å². The van der Waals surface area contributed by atoms with Gasteiger partial charge in [0, 0.05) is 40.8 Å². The second kappa shape index (κ2) is 10.6. The molecule has 1 fully saturated rings. The highest BCUT2D eigenvalue weighted by Crippen LogP contribution is 2.30. The summed E-state index contributed by atoms with van der Waals surface area (Å²) < 4.78 is 6.67. The number of thioether (sulfide) groups is 1. The zero-order valence-electron chi connectivity index (χ0n) is 18.6. The fraction of sp³-hybridized carbons (Fsp3) is 0.320. The van der Waals surface area contributed by atoms with Crippen LogP contribution in [0.3, 0.4) is 0 Å². The number of nitrogens with one attached hydrogen (secondary N) is 1. The number of aromatic nitrogens is 1. The average Bonchev–Trinajstić information content (AvgIpc) is 3.20.